The van der Waals surface area contributed by atoms with Crippen molar-refractivity contribution in [2.24, 2.45) is 5.92 Å². The highest BCUT2D eigenvalue weighted by Gasteiger charge is 2.48. The quantitative estimate of drug-likeness (QED) is 0.895. The van der Waals surface area contributed by atoms with Gasteiger partial charge in [-0.3, -0.25) is 4.79 Å². The van der Waals surface area contributed by atoms with Gasteiger partial charge in [0.2, 0.25) is 5.89 Å². The van der Waals surface area contributed by atoms with Crippen molar-refractivity contribution in [3.63, 3.8) is 0 Å². The molecule has 2 aliphatic carbocycles. The van der Waals surface area contributed by atoms with Gasteiger partial charge in [-0.15, -0.1) is 0 Å². The lowest BCUT2D eigenvalue weighted by atomic mass is 10.0. The van der Waals surface area contributed by atoms with Gasteiger partial charge in [0, 0.05) is 5.25 Å². The number of hydrogen-bond donors (Lipinski definition) is 1. The summed E-state index contributed by atoms with van der Waals surface area (Å²) in [4.78, 5) is 15.1. The van der Waals surface area contributed by atoms with Gasteiger partial charge in [-0.1, -0.05) is 24.4 Å². The van der Waals surface area contributed by atoms with E-state index in [9.17, 15) is 4.79 Å². The van der Waals surface area contributed by atoms with E-state index < -0.39 is 5.97 Å². The minimum Gasteiger partial charge on any atom is -0.481 e. The molecule has 0 bridgehead atoms. The molecule has 2 atom stereocenters. The Morgan fingerprint density at radius 1 is 1.37 bits per heavy atom. The number of thioether (sulfide) groups is 1. The number of carboxylic acid groups (broad SMARTS) is 1. The molecule has 104 valence electrons. The predicted molar refractivity (Wildman–Crippen MR) is 70.9 cm³/mol. The molecule has 1 aromatic heterocycles. The highest BCUT2D eigenvalue weighted by Crippen LogP contribution is 2.46. The fourth-order valence-electron chi connectivity index (χ4n) is 2.64. The van der Waals surface area contributed by atoms with Crippen LogP contribution in [-0.2, 0) is 10.5 Å². The molecule has 3 rings (SSSR count). The maximum absolute atomic E-state index is 10.8. The van der Waals surface area contributed by atoms with Gasteiger partial charge in [0.25, 0.3) is 0 Å². The fourth-order valence-corrected chi connectivity index (χ4v) is 3.81. The number of aromatic nitrogens is 2. The lowest BCUT2D eigenvalue weighted by Gasteiger charge is -2.19. The van der Waals surface area contributed by atoms with E-state index in [4.69, 9.17) is 9.63 Å². The molecule has 0 aliphatic heterocycles. The molecule has 2 unspecified atom stereocenters. The molecule has 0 radical (unpaired) electrons. The molecular weight excluding hydrogens is 264 g/mol. The third-order valence-corrected chi connectivity index (χ3v) is 5.28. The minimum absolute atomic E-state index is 0.0570. The van der Waals surface area contributed by atoms with Crippen molar-refractivity contribution in [1.29, 1.82) is 0 Å². The number of carboxylic acids is 1. The Hall–Kier alpha value is -1.04. The molecule has 5 nitrogen and oxygen atoms in total. The van der Waals surface area contributed by atoms with Gasteiger partial charge in [-0.25, -0.2) is 0 Å². The van der Waals surface area contributed by atoms with Crippen LogP contribution in [0, 0.1) is 5.92 Å². The largest absolute Gasteiger partial charge is 0.481 e. The summed E-state index contributed by atoms with van der Waals surface area (Å²) in [5.74, 6) is 0.853. The van der Waals surface area contributed by atoms with Crippen molar-refractivity contribution in [3.05, 3.63) is 11.7 Å². The van der Waals surface area contributed by atoms with Crippen LogP contribution in [0.3, 0.4) is 0 Å². The third kappa shape index (κ3) is 3.11. The summed E-state index contributed by atoms with van der Waals surface area (Å²) in [5, 5.41) is 13.6. The molecule has 0 spiro atoms. The average Bonchev–Trinajstić information content (AvgIpc) is 3.10. The van der Waals surface area contributed by atoms with Crippen LogP contribution in [0.1, 0.15) is 56.2 Å². The van der Waals surface area contributed by atoms with Crippen molar-refractivity contribution in [1.82, 2.24) is 10.1 Å². The summed E-state index contributed by atoms with van der Waals surface area (Å²) in [6.45, 7) is 0. The van der Waals surface area contributed by atoms with Gasteiger partial charge >= 0.3 is 5.97 Å². The molecule has 19 heavy (non-hydrogen) atoms. The van der Waals surface area contributed by atoms with Gasteiger partial charge < -0.3 is 9.63 Å². The molecule has 6 heteroatoms. The normalized spacial score (nSPS) is 27.4. The average molecular weight is 282 g/mol. The van der Waals surface area contributed by atoms with Crippen molar-refractivity contribution in [2.75, 3.05) is 0 Å². The van der Waals surface area contributed by atoms with E-state index in [0.29, 0.717) is 18.1 Å². The molecule has 2 saturated carbocycles. The number of rotatable bonds is 5. The van der Waals surface area contributed by atoms with Crippen LogP contribution in [0.2, 0.25) is 0 Å². The van der Waals surface area contributed by atoms with Gasteiger partial charge in [0.05, 0.1) is 17.6 Å². The predicted octanol–water partition coefficient (Wildman–Crippen LogP) is 2.82. The lowest BCUT2D eigenvalue weighted by Crippen LogP contribution is -2.08. The van der Waals surface area contributed by atoms with Crippen molar-refractivity contribution in [3.8, 4) is 0 Å². The summed E-state index contributed by atoms with van der Waals surface area (Å²) in [6, 6.07) is 0. The Balaban J connectivity index is 1.50. The molecular formula is C13H18N2O3S. The number of hydrogen-bond acceptors (Lipinski definition) is 5. The zero-order chi connectivity index (χ0) is 13.2. The topological polar surface area (TPSA) is 76.2 Å². The minimum atomic E-state index is -0.763. The number of nitrogens with zero attached hydrogens (tertiary/aromatic N) is 2. The first-order chi connectivity index (χ1) is 9.24. The van der Waals surface area contributed by atoms with Crippen molar-refractivity contribution >= 4 is 17.7 Å². The molecule has 2 fully saturated rings. The van der Waals surface area contributed by atoms with E-state index in [1.165, 1.54) is 32.1 Å². The summed E-state index contributed by atoms with van der Waals surface area (Å²) < 4.78 is 5.17. The zero-order valence-corrected chi connectivity index (χ0v) is 11.6. The molecule has 2 aliphatic rings. The summed E-state index contributed by atoms with van der Waals surface area (Å²) >= 11 is 1.90. The maximum atomic E-state index is 10.8. The van der Waals surface area contributed by atoms with Crippen molar-refractivity contribution < 1.29 is 14.4 Å². The molecule has 1 aromatic rings. The molecule has 1 heterocycles. The first-order valence-corrected chi connectivity index (χ1v) is 7.96. The second-order valence-electron chi connectivity index (χ2n) is 5.41. The molecule has 1 N–H and O–H groups in total. The van der Waals surface area contributed by atoms with Crippen LogP contribution in [-0.4, -0.2) is 26.5 Å². The van der Waals surface area contributed by atoms with Gasteiger partial charge in [0.15, 0.2) is 5.82 Å². The first-order valence-electron chi connectivity index (χ1n) is 6.91. The highest BCUT2D eigenvalue weighted by atomic mass is 32.2. The smallest absolute Gasteiger partial charge is 0.307 e. The Bertz CT molecular complexity index is 456. The van der Waals surface area contributed by atoms with Gasteiger partial charge in [0.1, 0.15) is 0 Å². The Morgan fingerprint density at radius 2 is 2.16 bits per heavy atom. The first kappa shape index (κ1) is 13.0. The lowest BCUT2D eigenvalue weighted by molar-refractivity contribution is -0.138. The van der Waals surface area contributed by atoms with E-state index in [1.807, 2.05) is 11.8 Å². The van der Waals surface area contributed by atoms with E-state index in [-0.39, 0.29) is 11.8 Å². The van der Waals surface area contributed by atoms with Crippen LogP contribution < -0.4 is 0 Å². The Morgan fingerprint density at radius 3 is 2.84 bits per heavy atom. The van der Waals surface area contributed by atoms with Crippen LogP contribution >= 0.6 is 11.8 Å². The summed E-state index contributed by atoms with van der Waals surface area (Å²) in [6.07, 6.45) is 7.24. The van der Waals surface area contributed by atoms with E-state index >= 15 is 0 Å². The molecule has 0 saturated heterocycles. The standard InChI is InChI=1S/C13H18N2O3S/c16-13(17)10-6-9(10)12-14-11(15-18-12)7-19-8-4-2-1-3-5-8/h8-10H,1-7H2,(H,16,17). The second-order valence-corrected chi connectivity index (χ2v) is 6.70. The number of aliphatic carboxylic acids is 1. The fraction of sp³-hybridized carbons (Fsp3) is 0.769. The van der Waals surface area contributed by atoms with Gasteiger partial charge in [-0.05, 0) is 19.3 Å². The third-order valence-electron chi connectivity index (χ3n) is 3.91. The van der Waals surface area contributed by atoms with Crippen molar-refractivity contribution in [2.45, 2.75) is 55.4 Å². The van der Waals surface area contributed by atoms with E-state index in [0.717, 1.165) is 11.0 Å². The van der Waals surface area contributed by atoms with Crippen LogP contribution in [0.5, 0.6) is 0 Å². The number of carbonyl (C=O) groups is 1. The van der Waals surface area contributed by atoms with E-state index in [2.05, 4.69) is 10.1 Å². The zero-order valence-electron chi connectivity index (χ0n) is 10.7. The van der Waals surface area contributed by atoms with Crippen LogP contribution in [0.15, 0.2) is 4.52 Å². The van der Waals surface area contributed by atoms with Crippen LogP contribution in [0.4, 0.5) is 0 Å². The van der Waals surface area contributed by atoms with Gasteiger partial charge in [-0.2, -0.15) is 16.7 Å². The second kappa shape index (κ2) is 5.53. The molecule has 0 aromatic carbocycles. The van der Waals surface area contributed by atoms with Crippen LogP contribution in [0.25, 0.3) is 0 Å². The SMILES string of the molecule is O=C(O)C1CC1c1nc(CSC2CCCCC2)no1. The Labute approximate surface area is 116 Å². The van der Waals surface area contributed by atoms with E-state index in [1.54, 1.807) is 0 Å². The molecule has 0 amide bonds. The monoisotopic (exact) mass is 282 g/mol. The summed E-state index contributed by atoms with van der Waals surface area (Å²) in [7, 11) is 0. The maximum Gasteiger partial charge on any atom is 0.307 e. The summed E-state index contributed by atoms with van der Waals surface area (Å²) in [5.41, 5.74) is 0. The Kier molecular flexibility index (Phi) is 3.77. The highest BCUT2D eigenvalue weighted by molar-refractivity contribution is 7.99.